The molecule has 0 bridgehead atoms. The third-order valence-electron chi connectivity index (χ3n) is 4.38. The molecule has 0 spiro atoms. The van der Waals surface area contributed by atoms with E-state index in [4.69, 9.17) is 0 Å². The maximum absolute atomic E-state index is 12.7. The van der Waals surface area contributed by atoms with Crippen molar-refractivity contribution in [3.8, 4) is 0 Å². The second kappa shape index (κ2) is 6.64. The molecular formula is C17H23N3O3S. The second-order valence-corrected chi connectivity index (χ2v) is 8.81. The Hall–Kier alpha value is -1.73. The lowest BCUT2D eigenvalue weighted by atomic mass is 10.1. The summed E-state index contributed by atoms with van der Waals surface area (Å²) >= 11 is 0. The van der Waals surface area contributed by atoms with Gasteiger partial charge in [-0.2, -0.15) is 4.31 Å². The van der Waals surface area contributed by atoms with Crippen molar-refractivity contribution in [1.29, 1.82) is 0 Å². The molecule has 1 aliphatic rings. The van der Waals surface area contributed by atoms with Crippen LogP contribution in [0.2, 0.25) is 0 Å². The fraction of sp³-hybridized carbons (Fsp3) is 0.529. The maximum atomic E-state index is 12.7. The number of piperidine rings is 1. The van der Waals surface area contributed by atoms with Gasteiger partial charge in [-0.25, -0.2) is 13.4 Å². The van der Waals surface area contributed by atoms with Gasteiger partial charge in [-0.3, -0.25) is 9.36 Å². The standard InChI is InChI=1S/C17H23N3O3S/c1-13(2)11-24(22,23)19-9-5-6-14(10-19)20-12-18-16-8-4-3-7-15(16)17(20)21/h3-4,7-8,12-14H,5-6,9-11H2,1-2H3. The van der Waals surface area contributed by atoms with E-state index in [-0.39, 0.29) is 23.3 Å². The van der Waals surface area contributed by atoms with Crippen LogP contribution in [0.25, 0.3) is 10.9 Å². The summed E-state index contributed by atoms with van der Waals surface area (Å²) in [5, 5.41) is 0.571. The van der Waals surface area contributed by atoms with Crippen molar-refractivity contribution in [2.45, 2.75) is 32.7 Å². The molecule has 7 heteroatoms. The number of rotatable bonds is 4. The van der Waals surface area contributed by atoms with E-state index < -0.39 is 10.0 Å². The average molecular weight is 349 g/mol. The van der Waals surface area contributed by atoms with Gasteiger partial charge in [-0.05, 0) is 30.9 Å². The lowest BCUT2D eigenvalue weighted by molar-refractivity contribution is 0.261. The van der Waals surface area contributed by atoms with Crippen molar-refractivity contribution in [3.63, 3.8) is 0 Å². The molecule has 1 atom stereocenters. The number of hydrogen-bond donors (Lipinski definition) is 0. The number of sulfonamides is 1. The highest BCUT2D eigenvalue weighted by atomic mass is 32.2. The normalized spacial score (nSPS) is 19.9. The molecule has 6 nitrogen and oxygen atoms in total. The Morgan fingerprint density at radius 1 is 1.29 bits per heavy atom. The van der Waals surface area contributed by atoms with Gasteiger partial charge < -0.3 is 0 Å². The van der Waals surface area contributed by atoms with Crippen LogP contribution >= 0.6 is 0 Å². The smallest absolute Gasteiger partial charge is 0.261 e. The van der Waals surface area contributed by atoms with Gasteiger partial charge in [0.05, 0.1) is 29.0 Å². The highest BCUT2D eigenvalue weighted by Crippen LogP contribution is 2.23. The zero-order valence-electron chi connectivity index (χ0n) is 14.1. The number of aromatic nitrogens is 2. The number of para-hydroxylation sites is 1. The Labute approximate surface area is 142 Å². The molecular weight excluding hydrogens is 326 g/mol. The molecule has 24 heavy (non-hydrogen) atoms. The molecule has 2 aromatic rings. The summed E-state index contributed by atoms with van der Waals surface area (Å²) in [6, 6.07) is 7.07. The molecule has 1 aromatic heterocycles. The van der Waals surface area contributed by atoms with Crippen LogP contribution in [-0.4, -0.2) is 41.1 Å². The highest BCUT2D eigenvalue weighted by Gasteiger charge is 2.30. The van der Waals surface area contributed by atoms with Crippen molar-refractivity contribution in [2.75, 3.05) is 18.8 Å². The first-order valence-electron chi connectivity index (χ1n) is 8.32. The summed E-state index contributed by atoms with van der Waals surface area (Å²) in [5.74, 6) is 0.227. The van der Waals surface area contributed by atoms with Crippen LogP contribution in [0.5, 0.6) is 0 Å². The minimum atomic E-state index is -3.28. The molecule has 1 unspecified atom stereocenters. The fourth-order valence-electron chi connectivity index (χ4n) is 3.27. The SMILES string of the molecule is CC(C)CS(=O)(=O)N1CCCC(n2cnc3ccccc3c2=O)C1. The molecule has 1 aromatic carbocycles. The molecule has 130 valence electrons. The van der Waals surface area contributed by atoms with Crippen LogP contribution in [0.4, 0.5) is 0 Å². The Kier molecular flexibility index (Phi) is 4.73. The molecule has 0 saturated carbocycles. The van der Waals surface area contributed by atoms with Crippen molar-refractivity contribution in [2.24, 2.45) is 5.92 Å². The molecule has 2 heterocycles. The van der Waals surface area contributed by atoms with Crippen LogP contribution in [0.3, 0.4) is 0 Å². The number of benzene rings is 1. The van der Waals surface area contributed by atoms with Gasteiger partial charge in [-0.15, -0.1) is 0 Å². The van der Waals surface area contributed by atoms with Gasteiger partial charge in [0.25, 0.3) is 5.56 Å². The predicted octanol–water partition coefficient (Wildman–Crippen LogP) is 2.02. The average Bonchev–Trinajstić information content (AvgIpc) is 2.54. The lowest BCUT2D eigenvalue weighted by Gasteiger charge is -2.33. The Balaban J connectivity index is 1.90. The third kappa shape index (κ3) is 3.37. The minimum absolute atomic E-state index is 0.0837. The van der Waals surface area contributed by atoms with Gasteiger partial charge in [0.1, 0.15) is 0 Å². The van der Waals surface area contributed by atoms with Crippen LogP contribution in [0, 0.1) is 5.92 Å². The van der Waals surface area contributed by atoms with E-state index >= 15 is 0 Å². The summed E-state index contributed by atoms with van der Waals surface area (Å²) in [5.41, 5.74) is 0.563. The predicted molar refractivity (Wildman–Crippen MR) is 94.5 cm³/mol. The van der Waals surface area contributed by atoms with E-state index in [1.165, 1.54) is 4.31 Å². The van der Waals surface area contributed by atoms with Crippen LogP contribution in [0.15, 0.2) is 35.4 Å². The van der Waals surface area contributed by atoms with Gasteiger partial charge in [-0.1, -0.05) is 26.0 Å². The largest absolute Gasteiger partial charge is 0.294 e. The first-order valence-corrected chi connectivity index (χ1v) is 9.93. The zero-order valence-corrected chi connectivity index (χ0v) is 14.9. The van der Waals surface area contributed by atoms with Crippen LogP contribution < -0.4 is 5.56 Å². The summed E-state index contributed by atoms with van der Waals surface area (Å²) in [7, 11) is -3.28. The van der Waals surface area contributed by atoms with Crippen molar-refractivity contribution < 1.29 is 8.42 Å². The van der Waals surface area contributed by atoms with Crippen molar-refractivity contribution in [1.82, 2.24) is 13.9 Å². The quantitative estimate of drug-likeness (QED) is 0.846. The fourth-order valence-corrected chi connectivity index (χ4v) is 5.13. The Bertz CT molecular complexity index is 889. The molecule has 1 aliphatic heterocycles. The minimum Gasteiger partial charge on any atom is -0.294 e. The van der Waals surface area contributed by atoms with E-state index in [0.717, 1.165) is 12.8 Å². The monoisotopic (exact) mass is 349 g/mol. The van der Waals surface area contributed by atoms with E-state index in [9.17, 15) is 13.2 Å². The molecule has 3 rings (SSSR count). The van der Waals surface area contributed by atoms with Crippen LogP contribution in [-0.2, 0) is 10.0 Å². The number of nitrogens with zero attached hydrogens (tertiary/aromatic N) is 3. The molecule has 0 amide bonds. The Morgan fingerprint density at radius 3 is 2.79 bits per heavy atom. The van der Waals surface area contributed by atoms with E-state index in [1.807, 2.05) is 26.0 Å². The highest BCUT2D eigenvalue weighted by molar-refractivity contribution is 7.89. The second-order valence-electron chi connectivity index (χ2n) is 6.80. The van der Waals surface area contributed by atoms with Gasteiger partial charge >= 0.3 is 0 Å². The first kappa shape index (κ1) is 17.1. The summed E-state index contributed by atoms with van der Waals surface area (Å²) in [6.07, 6.45) is 3.09. The van der Waals surface area contributed by atoms with Gasteiger partial charge in [0.15, 0.2) is 0 Å². The first-order chi connectivity index (χ1) is 11.4. The third-order valence-corrected chi connectivity index (χ3v) is 6.59. The topological polar surface area (TPSA) is 72.3 Å². The van der Waals surface area contributed by atoms with Crippen molar-refractivity contribution in [3.05, 3.63) is 40.9 Å². The summed E-state index contributed by atoms with van der Waals surface area (Å²) in [4.78, 5) is 17.1. The Morgan fingerprint density at radius 2 is 2.04 bits per heavy atom. The summed E-state index contributed by atoms with van der Waals surface area (Å²) in [6.45, 7) is 4.67. The lowest BCUT2D eigenvalue weighted by Crippen LogP contribution is -2.44. The van der Waals surface area contributed by atoms with E-state index in [2.05, 4.69) is 4.98 Å². The molecule has 1 saturated heterocycles. The molecule has 0 aliphatic carbocycles. The number of fused-ring (bicyclic) bond motifs is 1. The van der Waals surface area contributed by atoms with Gasteiger partial charge in [0, 0.05) is 13.1 Å². The van der Waals surface area contributed by atoms with Crippen molar-refractivity contribution >= 4 is 20.9 Å². The number of hydrogen-bond acceptors (Lipinski definition) is 4. The zero-order chi connectivity index (χ0) is 17.3. The van der Waals surface area contributed by atoms with E-state index in [1.54, 1.807) is 23.0 Å². The molecule has 0 N–H and O–H groups in total. The van der Waals surface area contributed by atoms with Gasteiger partial charge in [0.2, 0.25) is 10.0 Å². The molecule has 1 fully saturated rings. The van der Waals surface area contributed by atoms with Crippen LogP contribution in [0.1, 0.15) is 32.7 Å². The summed E-state index contributed by atoms with van der Waals surface area (Å²) < 4.78 is 28.1. The maximum Gasteiger partial charge on any atom is 0.261 e. The van der Waals surface area contributed by atoms with E-state index in [0.29, 0.717) is 24.0 Å². The molecule has 0 radical (unpaired) electrons.